The molecule has 1 unspecified atom stereocenters. The van der Waals surface area contributed by atoms with Gasteiger partial charge in [-0.1, -0.05) is 35.4 Å². The van der Waals surface area contributed by atoms with Gasteiger partial charge < -0.3 is 10.6 Å². The highest BCUT2D eigenvalue weighted by Crippen LogP contribution is 2.34. The fourth-order valence-corrected chi connectivity index (χ4v) is 4.29. The normalized spacial score (nSPS) is 16.2. The fraction of sp³-hybridized carbons (Fsp3) is 0.238. The molecule has 0 bridgehead atoms. The summed E-state index contributed by atoms with van der Waals surface area (Å²) in [5.74, 6) is -0.694. The lowest BCUT2D eigenvalue weighted by atomic mass is 9.93. The molecular formula is C21H20Cl2N2O4S. The van der Waals surface area contributed by atoms with Crippen LogP contribution in [0.5, 0.6) is 0 Å². The highest BCUT2D eigenvalue weighted by Gasteiger charge is 2.20. The summed E-state index contributed by atoms with van der Waals surface area (Å²) in [6.07, 6.45) is 7.50. The molecule has 1 aliphatic carbocycles. The Morgan fingerprint density at radius 1 is 1.00 bits per heavy atom. The summed E-state index contributed by atoms with van der Waals surface area (Å²) in [5.41, 5.74) is 0.895. The summed E-state index contributed by atoms with van der Waals surface area (Å²) in [7, 11) is -3.35. The average molecular weight is 467 g/mol. The minimum Gasteiger partial charge on any atom is -0.326 e. The first kappa shape index (κ1) is 22.3. The molecule has 0 saturated carbocycles. The summed E-state index contributed by atoms with van der Waals surface area (Å²) in [6, 6.07) is 8.55. The van der Waals surface area contributed by atoms with Crippen LogP contribution in [0, 0.1) is 5.92 Å². The molecule has 0 fully saturated rings. The number of rotatable bonds is 5. The maximum Gasteiger partial charge on any atom is 0.255 e. The zero-order valence-corrected chi connectivity index (χ0v) is 18.4. The molecule has 2 N–H and O–H groups in total. The number of anilines is 2. The molecular weight excluding hydrogens is 447 g/mol. The van der Waals surface area contributed by atoms with Gasteiger partial charge in [-0.15, -0.1) is 0 Å². The quantitative estimate of drug-likeness (QED) is 0.609. The molecule has 1 atom stereocenters. The van der Waals surface area contributed by atoms with Crippen LogP contribution in [0.25, 0.3) is 0 Å². The summed E-state index contributed by atoms with van der Waals surface area (Å²) in [4.78, 5) is 25.0. The lowest BCUT2D eigenvalue weighted by molar-refractivity contribution is -0.120. The van der Waals surface area contributed by atoms with Crippen molar-refractivity contribution in [2.75, 3.05) is 16.9 Å². The van der Waals surface area contributed by atoms with Crippen LogP contribution in [0.3, 0.4) is 0 Å². The molecule has 0 aliphatic heterocycles. The van der Waals surface area contributed by atoms with Crippen molar-refractivity contribution in [3.8, 4) is 0 Å². The van der Waals surface area contributed by atoms with E-state index in [4.69, 9.17) is 23.2 Å². The van der Waals surface area contributed by atoms with Crippen LogP contribution in [0.2, 0.25) is 10.0 Å². The number of sulfone groups is 1. The van der Waals surface area contributed by atoms with Gasteiger partial charge >= 0.3 is 0 Å². The molecule has 158 valence electrons. The van der Waals surface area contributed by atoms with Gasteiger partial charge in [-0.3, -0.25) is 9.59 Å². The SMILES string of the molecule is CS(=O)(=O)c1ccc(C(=O)Nc2c(Cl)cc(NC(=O)C3CC=CCC3)cc2Cl)cc1. The second kappa shape index (κ2) is 9.20. The molecule has 2 amide bonds. The Labute approximate surface area is 185 Å². The number of carbonyl (C=O) groups excluding carboxylic acids is 2. The molecule has 0 saturated heterocycles. The Balaban J connectivity index is 1.73. The Morgan fingerprint density at radius 2 is 1.63 bits per heavy atom. The largest absolute Gasteiger partial charge is 0.326 e. The van der Waals surface area contributed by atoms with Crippen molar-refractivity contribution in [2.45, 2.75) is 24.2 Å². The van der Waals surface area contributed by atoms with Crippen LogP contribution >= 0.6 is 23.2 Å². The first-order valence-electron chi connectivity index (χ1n) is 9.21. The molecule has 30 heavy (non-hydrogen) atoms. The Morgan fingerprint density at radius 3 is 2.17 bits per heavy atom. The van der Waals surface area contributed by atoms with Gasteiger partial charge in [0.1, 0.15) is 0 Å². The molecule has 1 aliphatic rings. The number of halogens is 2. The third-order valence-electron chi connectivity index (χ3n) is 4.73. The van der Waals surface area contributed by atoms with Crippen LogP contribution in [0.15, 0.2) is 53.4 Å². The van der Waals surface area contributed by atoms with E-state index in [2.05, 4.69) is 16.7 Å². The van der Waals surface area contributed by atoms with E-state index in [1.807, 2.05) is 6.08 Å². The van der Waals surface area contributed by atoms with Crippen molar-refractivity contribution in [3.63, 3.8) is 0 Å². The number of hydrogen-bond acceptors (Lipinski definition) is 4. The van der Waals surface area contributed by atoms with Gasteiger partial charge in [0, 0.05) is 23.4 Å². The van der Waals surface area contributed by atoms with E-state index in [-0.39, 0.29) is 38.0 Å². The predicted molar refractivity (Wildman–Crippen MR) is 119 cm³/mol. The van der Waals surface area contributed by atoms with E-state index in [0.29, 0.717) is 12.1 Å². The minimum absolute atomic E-state index is 0.0955. The van der Waals surface area contributed by atoms with Crippen molar-refractivity contribution >= 4 is 56.2 Å². The van der Waals surface area contributed by atoms with Crippen LogP contribution in [0.1, 0.15) is 29.6 Å². The topological polar surface area (TPSA) is 92.3 Å². The molecule has 3 rings (SSSR count). The summed E-state index contributed by atoms with van der Waals surface area (Å²) in [6.45, 7) is 0. The van der Waals surface area contributed by atoms with Gasteiger partial charge in [0.25, 0.3) is 5.91 Å². The maximum atomic E-state index is 12.5. The van der Waals surface area contributed by atoms with Crippen molar-refractivity contribution in [1.29, 1.82) is 0 Å². The zero-order chi connectivity index (χ0) is 21.9. The number of allylic oxidation sites excluding steroid dienone is 2. The van der Waals surface area contributed by atoms with Gasteiger partial charge in [0.05, 0.1) is 20.6 Å². The second-order valence-electron chi connectivity index (χ2n) is 7.04. The molecule has 9 heteroatoms. The van der Waals surface area contributed by atoms with E-state index in [1.165, 1.54) is 36.4 Å². The smallest absolute Gasteiger partial charge is 0.255 e. The summed E-state index contributed by atoms with van der Waals surface area (Å²) in [5, 5.41) is 5.78. The average Bonchev–Trinajstić information content (AvgIpc) is 2.70. The highest BCUT2D eigenvalue weighted by molar-refractivity contribution is 7.90. The number of nitrogens with one attached hydrogen (secondary N) is 2. The zero-order valence-electron chi connectivity index (χ0n) is 16.1. The molecule has 2 aromatic rings. The Bertz CT molecular complexity index is 1090. The van der Waals surface area contributed by atoms with E-state index < -0.39 is 15.7 Å². The first-order valence-corrected chi connectivity index (χ1v) is 11.9. The molecule has 0 radical (unpaired) electrons. The minimum atomic E-state index is -3.35. The molecule has 0 heterocycles. The number of carbonyl (C=O) groups is 2. The molecule has 0 spiro atoms. The summed E-state index contributed by atoms with van der Waals surface area (Å²) >= 11 is 12.6. The van der Waals surface area contributed by atoms with Crippen molar-refractivity contribution in [3.05, 3.63) is 64.2 Å². The van der Waals surface area contributed by atoms with Crippen LogP contribution in [-0.2, 0) is 14.6 Å². The van der Waals surface area contributed by atoms with E-state index in [9.17, 15) is 18.0 Å². The van der Waals surface area contributed by atoms with E-state index >= 15 is 0 Å². The van der Waals surface area contributed by atoms with Crippen LogP contribution in [-0.4, -0.2) is 26.5 Å². The van der Waals surface area contributed by atoms with Crippen molar-refractivity contribution in [2.24, 2.45) is 5.92 Å². The number of benzene rings is 2. The van der Waals surface area contributed by atoms with Gasteiger partial charge in [-0.25, -0.2) is 8.42 Å². The van der Waals surface area contributed by atoms with E-state index in [1.54, 1.807) is 0 Å². The standard InChI is InChI=1S/C21H20Cl2N2O4S/c1-30(28,29)16-9-7-14(8-10-16)21(27)25-19-17(22)11-15(12-18(19)23)24-20(26)13-5-3-2-4-6-13/h2-3,7-13H,4-6H2,1H3,(H,24,26)(H,25,27). The number of hydrogen-bond donors (Lipinski definition) is 2. The third-order valence-corrected chi connectivity index (χ3v) is 6.46. The Hall–Kier alpha value is -2.35. The third kappa shape index (κ3) is 5.41. The molecule has 6 nitrogen and oxygen atoms in total. The monoisotopic (exact) mass is 466 g/mol. The van der Waals surface area contributed by atoms with Gasteiger partial charge in [0.15, 0.2) is 9.84 Å². The van der Waals surface area contributed by atoms with Crippen molar-refractivity contribution in [1.82, 2.24) is 0 Å². The lowest BCUT2D eigenvalue weighted by Gasteiger charge is -2.18. The second-order valence-corrected chi connectivity index (χ2v) is 9.87. The van der Waals surface area contributed by atoms with E-state index in [0.717, 1.165) is 19.1 Å². The van der Waals surface area contributed by atoms with Gasteiger partial charge in [-0.05, 0) is 55.7 Å². The number of amides is 2. The predicted octanol–water partition coefficient (Wildman–Crippen LogP) is 4.94. The summed E-state index contributed by atoms with van der Waals surface area (Å²) < 4.78 is 23.1. The van der Waals surface area contributed by atoms with Gasteiger partial charge in [0.2, 0.25) is 5.91 Å². The highest BCUT2D eigenvalue weighted by atomic mass is 35.5. The lowest BCUT2D eigenvalue weighted by Crippen LogP contribution is -2.23. The maximum absolute atomic E-state index is 12.5. The van der Waals surface area contributed by atoms with Crippen molar-refractivity contribution < 1.29 is 18.0 Å². The molecule has 2 aromatic carbocycles. The fourth-order valence-electron chi connectivity index (χ4n) is 3.08. The molecule has 0 aromatic heterocycles. The van der Waals surface area contributed by atoms with Gasteiger partial charge in [-0.2, -0.15) is 0 Å². The Kier molecular flexibility index (Phi) is 6.85. The van der Waals surface area contributed by atoms with Crippen LogP contribution < -0.4 is 10.6 Å². The first-order chi connectivity index (χ1) is 14.1. The van der Waals surface area contributed by atoms with Crippen LogP contribution in [0.4, 0.5) is 11.4 Å².